The van der Waals surface area contributed by atoms with Gasteiger partial charge in [0.15, 0.2) is 6.61 Å². The molecule has 8 heteroatoms. The zero-order valence-corrected chi connectivity index (χ0v) is 15.8. The lowest BCUT2D eigenvalue weighted by molar-refractivity contribution is -0.124. The van der Waals surface area contributed by atoms with Crippen LogP contribution < -0.4 is 15.0 Å². The molecule has 0 unspecified atom stereocenters. The lowest BCUT2D eigenvalue weighted by Crippen LogP contribution is -2.29. The molecule has 0 radical (unpaired) electrons. The highest BCUT2D eigenvalue weighted by molar-refractivity contribution is 6.19. The van der Waals surface area contributed by atoms with E-state index in [2.05, 4.69) is 5.32 Å². The van der Waals surface area contributed by atoms with Crippen LogP contribution in [0.3, 0.4) is 0 Å². The quantitative estimate of drug-likeness (QED) is 0.566. The van der Waals surface area contributed by atoms with Crippen molar-refractivity contribution < 1.29 is 28.7 Å². The van der Waals surface area contributed by atoms with Crippen molar-refractivity contribution in [1.82, 2.24) is 5.32 Å². The van der Waals surface area contributed by atoms with Crippen molar-refractivity contribution in [3.05, 3.63) is 59.7 Å². The third-order valence-corrected chi connectivity index (χ3v) is 4.37. The molecule has 1 aliphatic heterocycles. The predicted octanol–water partition coefficient (Wildman–Crippen LogP) is 1.82. The maximum Gasteiger partial charge on any atom is 0.338 e. The summed E-state index contributed by atoms with van der Waals surface area (Å²) in [4.78, 5) is 48.6. The molecule has 3 amide bonds. The van der Waals surface area contributed by atoms with Gasteiger partial charge in [-0.05, 0) is 42.0 Å². The fourth-order valence-corrected chi connectivity index (χ4v) is 2.86. The average molecular weight is 396 g/mol. The highest BCUT2D eigenvalue weighted by Crippen LogP contribution is 2.23. The summed E-state index contributed by atoms with van der Waals surface area (Å²) in [7, 11) is 1.56. The number of rotatable bonds is 7. The number of nitrogens with zero attached hydrogens (tertiary/aromatic N) is 1. The lowest BCUT2D eigenvalue weighted by atomic mass is 10.2. The van der Waals surface area contributed by atoms with Crippen molar-refractivity contribution in [2.45, 2.75) is 19.4 Å². The number of carbonyl (C=O) groups excluding carboxylic acids is 4. The van der Waals surface area contributed by atoms with Crippen molar-refractivity contribution in [3.63, 3.8) is 0 Å². The fourth-order valence-electron chi connectivity index (χ4n) is 2.86. The summed E-state index contributed by atoms with van der Waals surface area (Å²) < 4.78 is 10.1. The maximum absolute atomic E-state index is 12.1. The number of hydrogen-bond donors (Lipinski definition) is 1. The molecule has 1 saturated heterocycles. The van der Waals surface area contributed by atoms with Gasteiger partial charge in [0.2, 0.25) is 11.8 Å². The van der Waals surface area contributed by atoms with E-state index in [0.717, 1.165) is 10.5 Å². The standard InChI is InChI=1S/C21H20N2O6/c1-28-17-4-2-3-14(11-17)12-22-18(24)13-29-21(27)15-5-7-16(8-6-15)23-19(25)9-10-20(23)26/h2-8,11H,9-10,12-13H2,1H3,(H,22,24). The van der Waals surface area contributed by atoms with Gasteiger partial charge in [0.1, 0.15) is 5.75 Å². The van der Waals surface area contributed by atoms with Crippen molar-refractivity contribution >= 4 is 29.4 Å². The third-order valence-electron chi connectivity index (χ3n) is 4.37. The molecule has 2 aromatic carbocycles. The SMILES string of the molecule is COc1cccc(CNC(=O)COC(=O)c2ccc(N3C(=O)CCC3=O)cc2)c1. The van der Waals surface area contributed by atoms with Gasteiger partial charge in [-0.3, -0.25) is 19.3 Å². The van der Waals surface area contributed by atoms with E-state index in [-0.39, 0.29) is 36.8 Å². The second-order valence-corrected chi connectivity index (χ2v) is 6.37. The topological polar surface area (TPSA) is 102 Å². The predicted molar refractivity (Wildman–Crippen MR) is 103 cm³/mol. The molecular formula is C21H20N2O6. The third kappa shape index (κ3) is 4.98. The molecule has 0 atom stereocenters. The number of benzene rings is 2. The van der Waals surface area contributed by atoms with Crippen LogP contribution in [0.25, 0.3) is 0 Å². The number of hydrogen-bond acceptors (Lipinski definition) is 6. The highest BCUT2D eigenvalue weighted by Gasteiger charge is 2.30. The second-order valence-electron chi connectivity index (χ2n) is 6.37. The Kier molecular flexibility index (Phi) is 6.23. The van der Waals surface area contributed by atoms with Crippen molar-refractivity contribution in [1.29, 1.82) is 0 Å². The number of amides is 3. The van der Waals surface area contributed by atoms with Gasteiger partial charge in [0, 0.05) is 19.4 Å². The first kappa shape index (κ1) is 20.1. The van der Waals surface area contributed by atoms with Gasteiger partial charge in [0.05, 0.1) is 18.4 Å². The van der Waals surface area contributed by atoms with Crippen LogP contribution in [0, 0.1) is 0 Å². The molecule has 3 rings (SSSR count). The summed E-state index contributed by atoms with van der Waals surface area (Å²) in [6.07, 6.45) is 0.376. The Morgan fingerprint density at radius 1 is 1.03 bits per heavy atom. The molecule has 1 aliphatic rings. The highest BCUT2D eigenvalue weighted by atomic mass is 16.5. The lowest BCUT2D eigenvalue weighted by Gasteiger charge is -2.14. The first-order valence-corrected chi connectivity index (χ1v) is 9.00. The number of esters is 1. The van der Waals surface area contributed by atoms with Crippen LogP contribution in [0.2, 0.25) is 0 Å². The van der Waals surface area contributed by atoms with E-state index >= 15 is 0 Å². The summed E-state index contributed by atoms with van der Waals surface area (Å²) >= 11 is 0. The van der Waals surface area contributed by atoms with Crippen LogP contribution in [-0.2, 0) is 25.7 Å². The van der Waals surface area contributed by atoms with Gasteiger partial charge in [-0.15, -0.1) is 0 Å². The number of methoxy groups -OCH3 is 1. The van der Waals surface area contributed by atoms with E-state index in [1.54, 1.807) is 19.2 Å². The summed E-state index contributed by atoms with van der Waals surface area (Å²) in [5.74, 6) is -0.960. The van der Waals surface area contributed by atoms with Gasteiger partial charge in [-0.1, -0.05) is 12.1 Å². The summed E-state index contributed by atoms with van der Waals surface area (Å²) in [6, 6.07) is 13.1. The minimum Gasteiger partial charge on any atom is -0.497 e. The number of anilines is 1. The summed E-state index contributed by atoms with van der Waals surface area (Å²) in [6.45, 7) is -0.145. The Hall–Kier alpha value is -3.68. The zero-order chi connectivity index (χ0) is 20.8. The average Bonchev–Trinajstić information content (AvgIpc) is 3.08. The Morgan fingerprint density at radius 3 is 2.38 bits per heavy atom. The Labute approximate surface area is 167 Å². The van der Waals surface area contributed by atoms with Gasteiger partial charge in [0.25, 0.3) is 5.91 Å². The van der Waals surface area contributed by atoms with E-state index in [1.165, 1.54) is 24.3 Å². The van der Waals surface area contributed by atoms with Crippen LogP contribution in [-0.4, -0.2) is 37.4 Å². The summed E-state index contributed by atoms with van der Waals surface area (Å²) in [5.41, 5.74) is 1.48. The first-order valence-electron chi connectivity index (χ1n) is 9.00. The van der Waals surface area contributed by atoms with E-state index < -0.39 is 18.5 Å². The second kappa shape index (κ2) is 9.01. The zero-order valence-electron chi connectivity index (χ0n) is 15.8. The Bertz CT molecular complexity index is 922. The number of ether oxygens (including phenoxy) is 2. The van der Waals surface area contributed by atoms with Crippen molar-refractivity contribution in [3.8, 4) is 5.75 Å². The van der Waals surface area contributed by atoms with Crippen LogP contribution >= 0.6 is 0 Å². The molecule has 8 nitrogen and oxygen atoms in total. The molecule has 0 spiro atoms. The molecule has 1 heterocycles. The molecule has 2 aromatic rings. The van der Waals surface area contributed by atoms with Gasteiger partial charge < -0.3 is 14.8 Å². The van der Waals surface area contributed by atoms with Gasteiger partial charge in [-0.2, -0.15) is 0 Å². The molecule has 150 valence electrons. The number of nitrogens with one attached hydrogen (secondary N) is 1. The van der Waals surface area contributed by atoms with Crippen molar-refractivity contribution in [2.75, 3.05) is 18.6 Å². The van der Waals surface area contributed by atoms with E-state index in [0.29, 0.717) is 11.4 Å². The smallest absolute Gasteiger partial charge is 0.338 e. The molecule has 0 bridgehead atoms. The molecule has 29 heavy (non-hydrogen) atoms. The fraction of sp³-hybridized carbons (Fsp3) is 0.238. The first-order chi connectivity index (χ1) is 14.0. The minimum atomic E-state index is -0.674. The number of carbonyl (C=O) groups is 4. The summed E-state index contributed by atoms with van der Waals surface area (Å²) in [5, 5.41) is 2.66. The van der Waals surface area contributed by atoms with Crippen LogP contribution in [0.15, 0.2) is 48.5 Å². The molecular weight excluding hydrogens is 376 g/mol. The van der Waals surface area contributed by atoms with Crippen molar-refractivity contribution in [2.24, 2.45) is 0 Å². The molecule has 0 aliphatic carbocycles. The molecule has 1 N–H and O–H groups in total. The molecule has 1 fully saturated rings. The van der Waals surface area contributed by atoms with Crippen LogP contribution in [0.5, 0.6) is 5.75 Å². The monoisotopic (exact) mass is 396 g/mol. The number of imide groups is 1. The Morgan fingerprint density at radius 2 is 1.72 bits per heavy atom. The van der Waals surface area contributed by atoms with E-state index in [4.69, 9.17) is 9.47 Å². The maximum atomic E-state index is 12.1. The van der Waals surface area contributed by atoms with Gasteiger partial charge >= 0.3 is 5.97 Å². The molecule has 0 saturated carbocycles. The normalized spacial score (nSPS) is 13.3. The van der Waals surface area contributed by atoms with E-state index in [1.807, 2.05) is 12.1 Å². The van der Waals surface area contributed by atoms with Crippen LogP contribution in [0.4, 0.5) is 5.69 Å². The minimum absolute atomic E-state index is 0.188. The van der Waals surface area contributed by atoms with Gasteiger partial charge in [-0.25, -0.2) is 4.79 Å². The Balaban J connectivity index is 1.49. The van der Waals surface area contributed by atoms with E-state index in [9.17, 15) is 19.2 Å². The largest absolute Gasteiger partial charge is 0.497 e. The van der Waals surface area contributed by atoms with Crippen LogP contribution in [0.1, 0.15) is 28.8 Å². The molecule has 0 aromatic heterocycles.